The predicted molar refractivity (Wildman–Crippen MR) is 79.4 cm³/mol. The van der Waals surface area contributed by atoms with Crippen LogP contribution in [0.1, 0.15) is 46.2 Å². The maximum Gasteiger partial charge on any atom is 0.418 e. The highest BCUT2D eigenvalue weighted by Gasteiger charge is 2.36. The molecule has 8 heteroatoms. The van der Waals surface area contributed by atoms with Gasteiger partial charge in [0.25, 0.3) is 5.91 Å². The van der Waals surface area contributed by atoms with Gasteiger partial charge in [-0.15, -0.1) is 0 Å². The van der Waals surface area contributed by atoms with Gasteiger partial charge in [-0.2, -0.15) is 13.2 Å². The van der Waals surface area contributed by atoms with Crippen LogP contribution in [-0.4, -0.2) is 15.9 Å². The number of carbonyl (C=O) groups excluding carboxylic acids is 1. The van der Waals surface area contributed by atoms with E-state index in [0.717, 1.165) is 23.9 Å². The second kappa shape index (κ2) is 6.10. The Kier molecular flexibility index (Phi) is 4.13. The minimum atomic E-state index is -4.66. The van der Waals surface area contributed by atoms with Crippen molar-refractivity contribution >= 4 is 5.91 Å². The molecular weight excluding hydrogens is 323 g/mol. The van der Waals surface area contributed by atoms with Crippen LogP contribution in [0, 0.1) is 0 Å². The monoisotopic (exact) mass is 337 g/mol. The van der Waals surface area contributed by atoms with Gasteiger partial charge in [0, 0.05) is 18.0 Å². The summed E-state index contributed by atoms with van der Waals surface area (Å²) in [5.41, 5.74) is -0.541. The van der Waals surface area contributed by atoms with E-state index in [1.54, 1.807) is 6.07 Å². The van der Waals surface area contributed by atoms with Crippen molar-refractivity contribution in [2.75, 3.05) is 0 Å². The van der Waals surface area contributed by atoms with E-state index in [-0.39, 0.29) is 5.56 Å². The SMILES string of the molecule is O=C(NC1CCCc2[nH]c(=O)ccc21)c1ncccc1C(F)(F)F. The van der Waals surface area contributed by atoms with Crippen LogP contribution >= 0.6 is 0 Å². The summed E-state index contributed by atoms with van der Waals surface area (Å²) in [6.07, 6.45) is -1.55. The van der Waals surface area contributed by atoms with Crippen LogP contribution in [0.3, 0.4) is 0 Å². The van der Waals surface area contributed by atoms with Crippen LogP contribution in [0.2, 0.25) is 0 Å². The highest BCUT2D eigenvalue weighted by atomic mass is 19.4. The summed E-state index contributed by atoms with van der Waals surface area (Å²) in [6, 6.07) is 4.45. The average molecular weight is 337 g/mol. The number of nitrogens with zero attached hydrogens (tertiary/aromatic N) is 1. The maximum absolute atomic E-state index is 13.0. The van der Waals surface area contributed by atoms with Crippen LogP contribution in [0.4, 0.5) is 13.2 Å². The summed E-state index contributed by atoms with van der Waals surface area (Å²) < 4.78 is 39.0. The largest absolute Gasteiger partial charge is 0.418 e. The molecule has 5 nitrogen and oxygen atoms in total. The fourth-order valence-corrected chi connectivity index (χ4v) is 2.89. The number of nitrogens with one attached hydrogen (secondary N) is 2. The van der Waals surface area contributed by atoms with Crippen molar-refractivity contribution in [3.63, 3.8) is 0 Å². The van der Waals surface area contributed by atoms with Crippen molar-refractivity contribution in [2.45, 2.75) is 31.5 Å². The Morgan fingerprint density at radius 2 is 2.08 bits per heavy atom. The third-order valence-electron chi connectivity index (χ3n) is 3.97. The summed E-state index contributed by atoms with van der Waals surface area (Å²) >= 11 is 0. The van der Waals surface area contributed by atoms with Gasteiger partial charge in [-0.3, -0.25) is 14.6 Å². The molecule has 0 spiro atoms. The number of fused-ring (bicyclic) bond motifs is 1. The quantitative estimate of drug-likeness (QED) is 0.884. The number of pyridine rings is 2. The van der Waals surface area contributed by atoms with Gasteiger partial charge in [0.05, 0.1) is 11.6 Å². The fourth-order valence-electron chi connectivity index (χ4n) is 2.89. The first-order chi connectivity index (χ1) is 11.4. The van der Waals surface area contributed by atoms with E-state index in [0.29, 0.717) is 25.0 Å². The topological polar surface area (TPSA) is 74.8 Å². The standard InChI is InChI=1S/C16H14F3N3O2/c17-16(18,19)10-3-2-8-20-14(10)15(24)22-12-5-1-4-11-9(12)6-7-13(23)21-11/h2-3,6-8,12H,1,4-5H2,(H,21,23)(H,22,24). The number of halogens is 3. The van der Waals surface area contributed by atoms with E-state index >= 15 is 0 Å². The Bertz CT molecular complexity index is 830. The molecule has 1 aliphatic rings. The highest BCUT2D eigenvalue weighted by Crippen LogP contribution is 2.32. The second-order valence-corrected chi connectivity index (χ2v) is 5.57. The lowest BCUT2D eigenvalue weighted by molar-refractivity contribution is -0.138. The Hall–Kier alpha value is -2.64. The van der Waals surface area contributed by atoms with Gasteiger partial charge in [-0.1, -0.05) is 0 Å². The van der Waals surface area contributed by atoms with Crippen molar-refractivity contribution in [3.05, 3.63) is 63.3 Å². The third kappa shape index (κ3) is 3.17. The van der Waals surface area contributed by atoms with Gasteiger partial charge in [-0.25, -0.2) is 0 Å². The van der Waals surface area contributed by atoms with E-state index < -0.39 is 29.4 Å². The Labute approximate surface area is 134 Å². The molecule has 2 aromatic heterocycles. The third-order valence-corrected chi connectivity index (χ3v) is 3.97. The molecule has 0 radical (unpaired) electrons. The number of amides is 1. The minimum Gasteiger partial charge on any atom is -0.344 e. The minimum absolute atomic E-state index is 0.246. The number of H-pyrrole nitrogens is 1. The zero-order valence-electron chi connectivity index (χ0n) is 12.5. The van der Waals surface area contributed by atoms with Crippen molar-refractivity contribution in [2.24, 2.45) is 0 Å². The van der Waals surface area contributed by atoms with Crippen LogP contribution in [0.25, 0.3) is 0 Å². The van der Waals surface area contributed by atoms with Gasteiger partial charge in [-0.05, 0) is 43.0 Å². The fraction of sp³-hybridized carbons (Fsp3) is 0.312. The number of alkyl halides is 3. The van der Waals surface area contributed by atoms with Crippen molar-refractivity contribution < 1.29 is 18.0 Å². The molecule has 0 bridgehead atoms. The molecule has 1 atom stereocenters. The molecule has 0 saturated carbocycles. The number of carbonyl (C=O) groups is 1. The van der Waals surface area contributed by atoms with Gasteiger partial charge in [0.15, 0.2) is 0 Å². The van der Waals surface area contributed by atoms with E-state index in [9.17, 15) is 22.8 Å². The second-order valence-electron chi connectivity index (χ2n) is 5.57. The lowest BCUT2D eigenvalue weighted by Gasteiger charge is -2.26. The molecule has 2 N–H and O–H groups in total. The smallest absolute Gasteiger partial charge is 0.344 e. The zero-order chi connectivity index (χ0) is 17.3. The normalized spacial score (nSPS) is 17.2. The predicted octanol–water partition coefficient (Wildman–Crippen LogP) is 2.60. The number of aromatic nitrogens is 2. The van der Waals surface area contributed by atoms with Gasteiger partial charge < -0.3 is 10.3 Å². The van der Waals surface area contributed by atoms with E-state index in [2.05, 4.69) is 15.3 Å². The molecule has 126 valence electrons. The first kappa shape index (κ1) is 16.2. The molecule has 0 aromatic carbocycles. The Morgan fingerprint density at radius 3 is 2.83 bits per heavy atom. The number of rotatable bonds is 2. The molecule has 2 aromatic rings. The molecule has 2 heterocycles. The van der Waals surface area contributed by atoms with Crippen molar-refractivity contribution in [3.8, 4) is 0 Å². The van der Waals surface area contributed by atoms with Gasteiger partial charge in [0.2, 0.25) is 5.56 Å². The van der Waals surface area contributed by atoms with Crippen LogP contribution in [0.15, 0.2) is 35.3 Å². The molecule has 0 saturated heterocycles. The molecule has 1 aliphatic carbocycles. The van der Waals surface area contributed by atoms with E-state index in [1.165, 1.54) is 6.07 Å². The zero-order valence-corrected chi connectivity index (χ0v) is 12.5. The summed E-state index contributed by atoms with van der Waals surface area (Å²) in [7, 11) is 0. The first-order valence-electron chi connectivity index (χ1n) is 7.41. The Balaban J connectivity index is 1.89. The summed E-state index contributed by atoms with van der Waals surface area (Å²) in [5.74, 6) is -0.882. The van der Waals surface area contributed by atoms with Crippen molar-refractivity contribution in [1.29, 1.82) is 0 Å². The highest BCUT2D eigenvalue weighted by molar-refractivity contribution is 5.94. The molecule has 0 aliphatic heterocycles. The first-order valence-corrected chi connectivity index (χ1v) is 7.41. The molecule has 0 fully saturated rings. The molecule has 3 rings (SSSR count). The summed E-state index contributed by atoms with van der Waals surface area (Å²) in [4.78, 5) is 30.0. The maximum atomic E-state index is 13.0. The van der Waals surface area contributed by atoms with Crippen molar-refractivity contribution in [1.82, 2.24) is 15.3 Å². The molecule has 1 amide bonds. The van der Waals surface area contributed by atoms with E-state index in [1.807, 2.05) is 0 Å². The number of hydrogen-bond acceptors (Lipinski definition) is 3. The summed E-state index contributed by atoms with van der Waals surface area (Å²) in [5, 5.41) is 2.60. The Morgan fingerprint density at radius 1 is 1.29 bits per heavy atom. The lowest BCUT2D eigenvalue weighted by Crippen LogP contribution is -2.34. The van der Waals surface area contributed by atoms with Gasteiger partial charge in [0.1, 0.15) is 5.69 Å². The molecular formula is C16H14F3N3O2. The van der Waals surface area contributed by atoms with Crippen LogP contribution < -0.4 is 10.9 Å². The van der Waals surface area contributed by atoms with Gasteiger partial charge >= 0.3 is 6.18 Å². The average Bonchev–Trinajstić information content (AvgIpc) is 2.54. The summed E-state index contributed by atoms with van der Waals surface area (Å²) in [6.45, 7) is 0. The lowest BCUT2D eigenvalue weighted by atomic mass is 9.91. The molecule has 24 heavy (non-hydrogen) atoms. The number of aryl methyl sites for hydroxylation is 1. The van der Waals surface area contributed by atoms with Crippen LogP contribution in [0.5, 0.6) is 0 Å². The number of hydrogen-bond donors (Lipinski definition) is 2. The van der Waals surface area contributed by atoms with E-state index in [4.69, 9.17) is 0 Å². The van der Waals surface area contributed by atoms with Crippen LogP contribution in [-0.2, 0) is 12.6 Å². The molecule has 1 unspecified atom stereocenters. The number of aromatic amines is 1.